The maximum absolute atomic E-state index is 13.7. The van der Waals surface area contributed by atoms with Crippen molar-refractivity contribution in [1.29, 1.82) is 0 Å². The van der Waals surface area contributed by atoms with Crippen LogP contribution in [0.2, 0.25) is 0 Å². The summed E-state index contributed by atoms with van der Waals surface area (Å²) in [7, 11) is 0. The highest BCUT2D eigenvalue weighted by Crippen LogP contribution is 2.29. The van der Waals surface area contributed by atoms with Gasteiger partial charge in [0.05, 0.1) is 5.56 Å². The molecule has 1 saturated carbocycles. The first-order chi connectivity index (χ1) is 10.9. The van der Waals surface area contributed by atoms with Crippen molar-refractivity contribution in [3.63, 3.8) is 0 Å². The van der Waals surface area contributed by atoms with Crippen molar-refractivity contribution in [1.82, 2.24) is 16.2 Å². The van der Waals surface area contributed by atoms with Gasteiger partial charge in [0.2, 0.25) is 0 Å². The first-order valence-corrected chi connectivity index (χ1v) is 8.90. The van der Waals surface area contributed by atoms with Crippen molar-refractivity contribution in [2.75, 3.05) is 0 Å². The van der Waals surface area contributed by atoms with Crippen molar-refractivity contribution in [2.45, 2.75) is 39.2 Å². The Balaban J connectivity index is 1.86. The van der Waals surface area contributed by atoms with Gasteiger partial charge in [-0.1, -0.05) is 42.6 Å². The summed E-state index contributed by atoms with van der Waals surface area (Å²) in [6.45, 7) is 4.45. The molecule has 0 bridgehead atoms. The number of carbonyl (C=O) groups is 1. The molecule has 7 heteroatoms. The van der Waals surface area contributed by atoms with Crippen LogP contribution in [0.3, 0.4) is 0 Å². The van der Waals surface area contributed by atoms with Crippen LogP contribution in [0.15, 0.2) is 22.7 Å². The van der Waals surface area contributed by atoms with E-state index < -0.39 is 11.7 Å². The number of amides is 1. The molecular formula is C16H21BrFN3OS. The number of nitrogens with one attached hydrogen (secondary N) is 3. The van der Waals surface area contributed by atoms with Crippen molar-refractivity contribution >= 4 is 39.2 Å². The number of benzene rings is 1. The zero-order chi connectivity index (χ0) is 17.0. The van der Waals surface area contributed by atoms with Gasteiger partial charge in [0.15, 0.2) is 5.11 Å². The molecule has 0 heterocycles. The Labute approximate surface area is 149 Å². The third-order valence-electron chi connectivity index (χ3n) is 4.49. The lowest BCUT2D eigenvalue weighted by Crippen LogP contribution is -2.52. The third kappa shape index (κ3) is 4.88. The molecule has 0 unspecified atom stereocenters. The largest absolute Gasteiger partial charge is 0.358 e. The maximum Gasteiger partial charge on any atom is 0.272 e. The fourth-order valence-electron chi connectivity index (χ4n) is 2.84. The van der Waals surface area contributed by atoms with E-state index >= 15 is 0 Å². The van der Waals surface area contributed by atoms with Gasteiger partial charge in [-0.2, -0.15) is 0 Å². The molecule has 23 heavy (non-hydrogen) atoms. The van der Waals surface area contributed by atoms with Crippen LogP contribution >= 0.6 is 28.1 Å². The minimum absolute atomic E-state index is 0.0469. The Morgan fingerprint density at radius 2 is 2.04 bits per heavy atom. The highest BCUT2D eigenvalue weighted by Gasteiger charge is 2.27. The van der Waals surface area contributed by atoms with Crippen LogP contribution in [0.5, 0.6) is 0 Å². The molecule has 126 valence electrons. The van der Waals surface area contributed by atoms with Crippen LogP contribution in [-0.4, -0.2) is 17.1 Å². The lowest BCUT2D eigenvalue weighted by Gasteiger charge is -2.35. The Kier molecular flexibility index (Phi) is 6.35. The highest BCUT2D eigenvalue weighted by atomic mass is 79.9. The first kappa shape index (κ1) is 18.1. The predicted octanol–water partition coefficient (Wildman–Crippen LogP) is 3.52. The van der Waals surface area contributed by atoms with E-state index in [4.69, 9.17) is 12.2 Å². The van der Waals surface area contributed by atoms with E-state index in [2.05, 4.69) is 45.9 Å². The Morgan fingerprint density at radius 3 is 2.78 bits per heavy atom. The fourth-order valence-corrected chi connectivity index (χ4v) is 3.41. The monoisotopic (exact) mass is 401 g/mol. The van der Waals surface area contributed by atoms with Crippen LogP contribution in [0.1, 0.15) is 43.5 Å². The van der Waals surface area contributed by atoms with Gasteiger partial charge >= 0.3 is 0 Å². The lowest BCUT2D eigenvalue weighted by molar-refractivity contribution is 0.0939. The van der Waals surface area contributed by atoms with Crippen LogP contribution < -0.4 is 16.2 Å². The first-order valence-electron chi connectivity index (χ1n) is 7.70. The lowest BCUT2D eigenvalue weighted by atomic mass is 9.78. The Morgan fingerprint density at radius 1 is 1.30 bits per heavy atom. The van der Waals surface area contributed by atoms with Crippen molar-refractivity contribution in [2.24, 2.45) is 11.8 Å². The molecule has 1 fully saturated rings. The van der Waals surface area contributed by atoms with Gasteiger partial charge in [0.25, 0.3) is 5.91 Å². The van der Waals surface area contributed by atoms with E-state index in [1.807, 2.05) is 0 Å². The van der Waals surface area contributed by atoms with E-state index in [1.54, 1.807) is 0 Å². The summed E-state index contributed by atoms with van der Waals surface area (Å²) in [6, 6.07) is 4.49. The quantitative estimate of drug-likeness (QED) is 0.524. The average molecular weight is 402 g/mol. The second kappa shape index (κ2) is 8.06. The Hall–Kier alpha value is -1.21. The van der Waals surface area contributed by atoms with Gasteiger partial charge in [-0.15, -0.1) is 0 Å². The van der Waals surface area contributed by atoms with Crippen molar-refractivity contribution in [3.8, 4) is 0 Å². The number of hydrazine groups is 1. The standard InChI is InChI=1S/C16H21BrFN3OS/c1-9-4-3-5-14(10(9)2)19-16(23)21-20-15(22)12-8-11(17)6-7-13(12)18/h6-10,14H,3-5H2,1-2H3,(H,20,22)(H2,19,21,23)/t9-,10-,14-/m1/s1. The molecule has 4 nitrogen and oxygen atoms in total. The SMILES string of the molecule is C[C@@H]1[C@H](C)CCC[C@H]1NC(=S)NNC(=O)c1cc(Br)ccc1F. The zero-order valence-corrected chi connectivity index (χ0v) is 15.6. The predicted molar refractivity (Wildman–Crippen MR) is 96.4 cm³/mol. The molecule has 3 N–H and O–H groups in total. The summed E-state index contributed by atoms with van der Waals surface area (Å²) in [5.41, 5.74) is 5.03. The summed E-state index contributed by atoms with van der Waals surface area (Å²) in [6.07, 6.45) is 3.46. The molecule has 1 aliphatic carbocycles. The van der Waals surface area contributed by atoms with Gasteiger partial charge < -0.3 is 5.32 Å². The molecule has 1 aromatic carbocycles. The van der Waals surface area contributed by atoms with Crippen LogP contribution in [0, 0.1) is 17.7 Å². The van der Waals surface area contributed by atoms with Gasteiger partial charge in [-0.05, 0) is 48.7 Å². The number of halogens is 2. The second-order valence-corrected chi connectivity index (χ2v) is 7.37. The number of hydrogen-bond acceptors (Lipinski definition) is 2. The molecule has 1 aliphatic rings. The minimum atomic E-state index is -0.582. The zero-order valence-electron chi connectivity index (χ0n) is 13.2. The second-order valence-electron chi connectivity index (χ2n) is 6.05. The summed E-state index contributed by atoms with van der Waals surface area (Å²) in [5, 5.41) is 3.58. The molecule has 3 atom stereocenters. The van der Waals surface area contributed by atoms with Crippen molar-refractivity contribution < 1.29 is 9.18 Å². The minimum Gasteiger partial charge on any atom is -0.358 e. The topological polar surface area (TPSA) is 53.2 Å². The fraction of sp³-hybridized carbons (Fsp3) is 0.500. The van der Waals surface area contributed by atoms with E-state index in [1.165, 1.54) is 31.0 Å². The molecule has 1 amide bonds. The van der Waals surface area contributed by atoms with E-state index in [0.29, 0.717) is 27.5 Å². The van der Waals surface area contributed by atoms with Gasteiger partial charge in [0, 0.05) is 10.5 Å². The maximum atomic E-state index is 13.7. The molecule has 0 radical (unpaired) electrons. The molecule has 1 aromatic rings. The highest BCUT2D eigenvalue weighted by molar-refractivity contribution is 9.10. The van der Waals surface area contributed by atoms with E-state index in [9.17, 15) is 9.18 Å². The van der Waals surface area contributed by atoms with E-state index in [-0.39, 0.29) is 5.56 Å². The number of thiocarbonyl (C=S) groups is 1. The molecule has 2 rings (SSSR count). The summed E-state index contributed by atoms with van der Waals surface area (Å²) < 4.78 is 14.3. The normalized spacial score (nSPS) is 23.9. The van der Waals surface area contributed by atoms with Crippen molar-refractivity contribution in [3.05, 3.63) is 34.1 Å². The summed E-state index contributed by atoms with van der Waals surface area (Å²) in [4.78, 5) is 12.0. The summed E-state index contributed by atoms with van der Waals surface area (Å²) in [5.74, 6) is 0.00949. The Bertz CT molecular complexity index is 599. The van der Waals surface area contributed by atoms with Gasteiger partial charge in [-0.3, -0.25) is 15.6 Å². The average Bonchev–Trinajstić information content (AvgIpc) is 2.52. The van der Waals surface area contributed by atoms with Crippen LogP contribution in [-0.2, 0) is 0 Å². The molecule has 0 saturated heterocycles. The number of hydrogen-bond donors (Lipinski definition) is 3. The molecule has 0 aliphatic heterocycles. The number of rotatable bonds is 2. The van der Waals surface area contributed by atoms with Crippen LogP contribution in [0.25, 0.3) is 0 Å². The molecular weight excluding hydrogens is 381 g/mol. The van der Waals surface area contributed by atoms with Gasteiger partial charge in [0.1, 0.15) is 5.82 Å². The molecule has 0 aromatic heterocycles. The third-order valence-corrected chi connectivity index (χ3v) is 5.20. The smallest absolute Gasteiger partial charge is 0.272 e. The van der Waals surface area contributed by atoms with Crippen LogP contribution in [0.4, 0.5) is 4.39 Å². The molecule has 0 spiro atoms. The summed E-state index contributed by atoms with van der Waals surface area (Å²) >= 11 is 8.43. The van der Waals surface area contributed by atoms with E-state index in [0.717, 1.165) is 6.42 Å². The van der Waals surface area contributed by atoms with Gasteiger partial charge in [-0.25, -0.2) is 4.39 Å². The number of carbonyl (C=O) groups excluding carboxylic acids is 1.